The van der Waals surface area contributed by atoms with Gasteiger partial charge in [0.05, 0.1) is 13.7 Å². The first-order valence-corrected chi connectivity index (χ1v) is 9.73. The monoisotopic (exact) mass is 376 g/mol. The lowest BCUT2D eigenvalue weighted by Crippen LogP contribution is -2.54. The maximum atomic E-state index is 12.3. The predicted molar refractivity (Wildman–Crippen MR) is 87.7 cm³/mol. The zero-order valence-corrected chi connectivity index (χ0v) is 15.0. The molecule has 1 aliphatic carbocycles. The molecule has 10 heteroatoms. The third-order valence-corrected chi connectivity index (χ3v) is 7.01. The van der Waals surface area contributed by atoms with Gasteiger partial charge in [0.2, 0.25) is 10.0 Å². The number of nitrogens with zero attached hydrogens (tertiary/aromatic N) is 1. The largest absolute Gasteiger partial charge is 0.480 e. The molecule has 2 N–H and O–H groups in total. The average Bonchev–Trinajstić information content (AvgIpc) is 2.98. The fraction of sp³-hybridized carbons (Fsp3) is 0.571. The minimum Gasteiger partial charge on any atom is -0.480 e. The number of carbonyl (C=O) groups excluding carboxylic acids is 1. The van der Waals surface area contributed by atoms with E-state index in [1.54, 1.807) is 0 Å². The lowest BCUT2D eigenvalue weighted by molar-refractivity contribution is -0.139. The van der Waals surface area contributed by atoms with Crippen molar-refractivity contribution in [2.24, 2.45) is 0 Å². The van der Waals surface area contributed by atoms with Crippen molar-refractivity contribution in [2.45, 2.75) is 36.1 Å². The number of methoxy groups -OCH3 is 1. The maximum Gasteiger partial charge on any atom is 0.348 e. The fourth-order valence-corrected chi connectivity index (χ4v) is 5.11. The minimum atomic E-state index is -3.69. The normalized spacial score (nSPS) is 20.6. The fourth-order valence-electron chi connectivity index (χ4n) is 2.61. The molecule has 8 nitrogen and oxygen atoms in total. The molecule has 1 fully saturated rings. The molecule has 0 aromatic carbocycles. The van der Waals surface area contributed by atoms with Crippen molar-refractivity contribution in [3.8, 4) is 0 Å². The second kappa shape index (κ2) is 7.60. The van der Waals surface area contributed by atoms with E-state index in [1.807, 2.05) is 11.8 Å². The molecule has 1 saturated carbocycles. The number of likely N-dealkylation sites (N-methyl/N-ethyl adjacent to an activating group) is 1. The standard InChI is InChI=1S/C14H20N2O6S2/c1-3-16(8-12(17)18)10-6-9(7-10)15-24(20,21)13-5-4-11(23-13)14(19)22-2/h4-5,9-10,15H,3,6-8H2,1-2H3,(H,17,18). The third-order valence-electron chi connectivity index (χ3n) is 3.93. The lowest BCUT2D eigenvalue weighted by Gasteiger charge is -2.41. The summed E-state index contributed by atoms with van der Waals surface area (Å²) >= 11 is 0.856. The van der Waals surface area contributed by atoms with Gasteiger partial charge in [-0.2, -0.15) is 0 Å². The van der Waals surface area contributed by atoms with Crippen LogP contribution in [0.15, 0.2) is 16.3 Å². The Balaban J connectivity index is 1.93. The van der Waals surface area contributed by atoms with E-state index in [2.05, 4.69) is 9.46 Å². The highest BCUT2D eigenvalue weighted by atomic mass is 32.2. The zero-order chi connectivity index (χ0) is 17.9. The number of carboxylic acid groups (broad SMARTS) is 1. The minimum absolute atomic E-state index is 0.0476. The summed E-state index contributed by atoms with van der Waals surface area (Å²) in [5.41, 5.74) is 0. The number of esters is 1. The third kappa shape index (κ3) is 4.32. The maximum absolute atomic E-state index is 12.3. The molecular weight excluding hydrogens is 356 g/mol. The van der Waals surface area contributed by atoms with Crippen LogP contribution < -0.4 is 4.72 Å². The first-order chi connectivity index (χ1) is 11.3. The van der Waals surface area contributed by atoms with Crippen LogP contribution in [-0.4, -0.2) is 62.6 Å². The molecule has 134 valence electrons. The highest BCUT2D eigenvalue weighted by molar-refractivity contribution is 7.91. The molecular formula is C14H20N2O6S2. The molecule has 0 amide bonds. The van der Waals surface area contributed by atoms with Gasteiger partial charge in [0.1, 0.15) is 9.09 Å². The quantitative estimate of drug-likeness (QED) is 0.644. The lowest BCUT2D eigenvalue weighted by atomic mass is 9.86. The molecule has 0 aliphatic heterocycles. The number of hydrogen-bond acceptors (Lipinski definition) is 7. The van der Waals surface area contributed by atoms with Gasteiger partial charge in [0, 0.05) is 12.1 Å². The van der Waals surface area contributed by atoms with Crippen LogP contribution in [0.5, 0.6) is 0 Å². The van der Waals surface area contributed by atoms with E-state index in [4.69, 9.17) is 5.11 Å². The van der Waals surface area contributed by atoms with Gasteiger partial charge in [-0.05, 0) is 31.5 Å². The van der Waals surface area contributed by atoms with Crippen molar-refractivity contribution >= 4 is 33.3 Å². The van der Waals surface area contributed by atoms with Crippen molar-refractivity contribution in [3.63, 3.8) is 0 Å². The van der Waals surface area contributed by atoms with Crippen LogP contribution in [-0.2, 0) is 19.6 Å². The van der Waals surface area contributed by atoms with Crippen LogP contribution in [0.2, 0.25) is 0 Å². The van der Waals surface area contributed by atoms with Crippen LogP contribution in [0.25, 0.3) is 0 Å². The Morgan fingerprint density at radius 1 is 1.42 bits per heavy atom. The molecule has 1 heterocycles. The van der Waals surface area contributed by atoms with Crippen LogP contribution in [0, 0.1) is 0 Å². The summed E-state index contributed by atoms with van der Waals surface area (Å²) in [5, 5.41) is 8.86. The van der Waals surface area contributed by atoms with Crippen molar-refractivity contribution in [1.82, 2.24) is 9.62 Å². The topological polar surface area (TPSA) is 113 Å². The Kier molecular flexibility index (Phi) is 5.97. The number of hydrogen-bond donors (Lipinski definition) is 2. The Hall–Kier alpha value is -1.49. The van der Waals surface area contributed by atoms with Crippen molar-refractivity contribution in [2.75, 3.05) is 20.2 Å². The summed E-state index contributed by atoms with van der Waals surface area (Å²) in [6.45, 7) is 2.43. The molecule has 0 unspecified atom stereocenters. The van der Waals surface area contributed by atoms with E-state index in [-0.39, 0.29) is 27.7 Å². The first kappa shape index (κ1) is 18.8. The number of sulfonamides is 1. The highest BCUT2D eigenvalue weighted by Gasteiger charge is 2.36. The molecule has 24 heavy (non-hydrogen) atoms. The van der Waals surface area contributed by atoms with Crippen molar-refractivity contribution in [3.05, 3.63) is 17.0 Å². The van der Waals surface area contributed by atoms with Gasteiger partial charge in [-0.1, -0.05) is 6.92 Å². The van der Waals surface area contributed by atoms with Gasteiger partial charge in [-0.3, -0.25) is 9.69 Å². The van der Waals surface area contributed by atoms with Gasteiger partial charge in [-0.15, -0.1) is 11.3 Å². The van der Waals surface area contributed by atoms with Crippen LogP contribution in [0.4, 0.5) is 0 Å². The van der Waals surface area contributed by atoms with Crippen molar-refractivity contribution in [1.29, 1.82) is 0 Å². The smallest absolute Gasteiger partial charge is 0.348 e. The van der Waals surface area contributed by atoms with Gasteiger partial charge >= 0.3 is 11.9 Å². The van der Waals surface area contributed by atoms with Gasteiger partial charge < -0.3 is 9.84 Å². The Morgan fingerprint density at radius 2 is 2.08 bits per heavy atom. The molecule has 0 radical (unpaired) electrons. The average molecular weight is 376 g/mol. The van der Waals surface area contributed by atoms with Gasteiger partial charge in [0.25, 0.3) is 0 Å². The number of thiophene rings is 1. The van der Waals surface area contributed by atoms with Crippen LogP contribution in [0.3, 0.4) is 0 Å². The van der Waals surface area contributed by atoms with Gasteiger partial charge in [0.15, 0.2) is 0 Å². The summed E-state index contributed by atoms with van der Waals surface area (Å²) in [4.78, 5) is 24.2. The predicted octanol–water partition coefficient (Wildman–Crippen LogP) is 0.751. The van der Waals surface area contributed by atoms with E-state index in [9.17, 15) is 18.0 Å². The zero-order valence-electron chi connectivity index (χ0n) is 13.4. The number of carbonyl (C=O) groups is 2. The Bertz CT molecular complexity index is 709. The Labute approximate surface area is 144 Å². The molecule has 1 aromatic rings. The molecule has 1 aromatic heterocycles. The summed E-state index contributed by atoms with van der Waals surface area (Å²) in [7, 11) is -2.46. The first-order valence-electron chi connectivity index (χ1n) is 7.43. The van der Waals surface area contributed by atoms with Gasteiger partial charge in [-0.25, -0.2) is 17.9 Å². The number of nitrogens with one attached hydrogen (secondary N) is 1. The second-order valence-electron chi connectivity index (χ2n) is 5.51. The molecule has 1 aliphatic rings. The van der Waals surface area contributed by atoms with E-state index >= 15 is 0 Å². The SMILES string of the molecule is CCN(CC(=O)O)C1CC(NS(=O)(=O)c2ccc(C(=O)OC)s2)C1. The van der Waals surface area contributed by atoms with Crippen LogP contribution >= 0.6 is 11.3 Å². The summed E-state index contributed by atoms with van der Waals surface area (Å²) in [5.74, 6) is -1.47. The molecule has 0 atom stereocenters. The molecule has 0 saturated heterocycles. The molecule has 0 bridgehead atoms. The number of carboxylic acids is 1. The van der Waals surface area contributed by atoms with E-state index in [0.717, 1.165) is 11.3 Å². The number of rotatable bonds is 8. The molecule has 2 rings (SSSR count). The van der Waals surface area contributed by atoms with E-state index < -0.39 is 22.0 Å². The summed E-state index contributed by atoms with van der Waals surface area (Å²) in [6, 6.07) is 2.62. The number of aliphatic carboxylic acids is 1. The van der Waals surface area contributed by atoms with Crippen molar-refractivity contribution < 1.29 is 27.9 Å². The summed E-state index contributed by atoms with van der Waals surface area (Å²) < 4.78 is 31.9. The molecule has 0 spiro atoms. The van der Waals surface area contributed by atoms with E-state index in [1.165, 1.54) is 19.2 Å². The van der Waals surface area contributed by atoms with E-state index in [0.29, 0.717) is 19.4 Å². The number of ether oxygens (including phenoxy) is 1. The highest BCUT2D eigenvalue weighted by Crippen LogP contribution is 2.29. The second-order valence-corrected chi connectivity index (χ2v) is 8.54. The summed E-state index contributed by atoms with van der Waals surface area (Å²) in [6.07, 6.45) is 1.13. The Morgan fingerprint density at radius 3 is 2.62 bits per heavy atom. The van der Waals surface area contributed by atoms with Crippen LogP contribution in [0.1, 0.15) is 29.4 Å².